The van der Waals surface area contributed by atoms with Crippen LogP contribution >= 0.6 is 15.9 Å². The molecule has 1 aromatic rings. The number of methoxy groups -OCH3 is 2. The molecule has 1 rings (SSSR count). The van der Waals surface area contributed by atoms with Gasteiger partial charge in [0.15, 0.2) is 5.78 Å². The summed E-state index contributed by atoms with van der Waals surface area (Å²) in [6, 6.07) is 4.91. The Morgan fingerprint density at radius 1 is 1.29 bits per heavy atom. The molecule has 1 unspecified atom stereocenters. The van der Waals surface area contributed by atoms with E-state index in [0.29, 0.717) is 15.8 Å². The lowest BCUT2D eigenvalue weighted by Crippen LogP contribution is -2.22. The Morgan fingerprint density at radius 2 is 1.94 bits per heavy atom. The molecule has 0 spiro atoms. The molecule has 0 heterocycles. The molecule has 4 nitrogen and oxygen atoms in total. The molecule has 0 aromatic heterocycles. The maximum absolute atomic E-state index is 11.9. The second kappa shape index (κ2) is 5.82. The molecule has 0 N–H and O–H groups in total. The summed E-state index contributed by atoms with van der Waals surface area (Å²) in [7, 11) is 2.80. The highest BCUT2D eigenvalue weighted by Crippen LogP contribution is 2.26. The summed E-state index contributed by atoms with van der Waals surface area (Å²) in [6.07, 6.45) is 0. The summed E-state index contributed by atoms with van der Waals surface area (Å²) in [4.78, 5) is 23.2. The van der Waals surface area contributed by atoms with Crippen molar-refractivity contribution in [1.29, 1.82) is 0 Å². The van der Waals surface area contributed by atoms with E-state index in [0.717, 1.165) is 0 Å². The predicted octanol–water partition coefficient (Wildman–Crippen LogP) is 2.45. The van der Waals surface area contributed by atoms with Gasteiger partial charge in [0.2, 0.25) is 0 Å². The Bertz CT molecular complexity index is 442. The van der Waals surface area contributed by atoms with Gasteiger partial charge in [0.1, 0.15) is 11.7 Å². The molecule has 0 bridgehead atoms. The number of carbonyl (C=O) groups is 2. The summed E-state index contributed by atoms with van der Waals surface area (Å²) in [5.74, 6) is -0.991. The van der Waals surface area contributed by atoms with Crippen LogP contribution in [0.4, 0.5) is 0 Å². The Balaban J connectivity index is 2.97. The molecule has 17 heavy (non-hydrogen) atoms. The van der Waals surface area contributed by atoms with Crippen LogP contribution < -0.4 is 4.74 Å². The fourth-order valence-electron chi connectivity index (χ4n) is 1.35. The van der Waals surface area contributed by atoms with Gasteiger partial charge in [0, 0.05) is 5.56 Å². The minimum Gasteiger partial charge on any atom is -0.496 e. The van der Waals surface area contributed by atoms with Crippen molar-refractivity contribution in [1.82, 2.24) is 0 Å². The third-order valence-corrected chi connectivity index (χ3v) is 3.00. The van der Waals surface area contributed by atoms with Gasteiger partial charge < -0.3 is 9.47 Å². The first-order valence-electron chi connectivity index (χ1n) is 4.96. The smallest absolute Gasteiger partial charge is 0.316 e. The first kappa shape index (κ1) is 13.7. The highest BCUT2D eigenvalue weighted by molar-refractivity contribution is 9.10. The number of esters is 1. The molecular weight excluding hydrogens is 288 g/mol. The molecule has 92 valence electrons. The van der Waals surface area contributed by atoms with Crippen LogP contribution in [0.25, 0.3) is 0 Å². The lowest BCUT2D eigenvalue weighted by Gasteiger charge is -2.09. The van der Waals surface area contributed by atoms with Gasteiger partial charge in [-0.2, -0.15) is 0 Å². The SMILES string of the molecule is COC(=O)C(C)C(=O)c1ccc(OC)c(Br)c1. The van der Waals surface area contributed by atoms with E-state index in [1.54, 1.807) is 25.3 Å². The lowest BCUT2D eigenvalue weighted by molar-refractivity contribution is -0.143. The Labute approximate surface area is 108 Å². The van der Waals surface area contributed by atoms with Gasteiger partial charge in [-0.15, -0.1) is 0 Å². The van der Waals surface area contributed by atoms with Crippen LogP contribution in [0.5, 0.6) is 5.75 Å². The van der Waals surface area contributed by atoms with E-state index in [1.807, 2.05) is 0 Å². The number of hydrogen-bond donors (Lipinski definition) is 0. The first-order valence-corrected chi connectivity index (χ1v) is 5.76. The molecule has 0 amide bonds. The molecule has 0 aliphatic rings. The van der Waals surface area contributed by atoms with E-state index in [9.17, 15) is 9.59 Å². The van der Waals surface area contributed by atoms with E-state index >= 15 is 0 Å². The van der Waals surface area contributed by atoms with Crippen LogP contribution in [0, 0.1) is 5.92 Å². The van der Waals surface area contributed by atoms with Crippen molar-refractivity contribution in [3.8, 4) is 5.75 Å². The zero-order valence-corrected chi connectivity index (χ0v) is 11.4. The van der Waals surface area contributed by atoms with E-state index in [-0.39, 0.29) is 5.78 Å². The quantitative estimate of drug-likeness (QED) is 0.487. The molecule has 1 aromatic carbocycles. The van der Waals surface area contributed by atoms with E-state index in [4.69, 9.17) is 4.74 Å². The summed E-state index contributed by atoms with van der Waals surface area (Å²) in [5.41, 5.74) is 0.440. The minimum absolute atomic E-state index is 0.278. The van der Waals surface area contributed by atoms with Crippen molar-refractivity contribution < 1.29 is 19.1 Å². The van der Waals surface area contributed by atoms with Crippen LogP contribution in [0.2, 0.25) is 0 Å². The summed E-state index contributed by atoms with van der Waals surface area (Å²) >= 11 is 3.29. The number of hydrogen-bond acceptors (Lipinski definition) is 4. The number of carbonyl (C=O) groups excluding carboxylic acids is 2. The van der Waals surface area contributed by atoms with Gasteiger partial charge in [-0.05, 0) is 41.1 Å². The Hall–Kier alpha value is -1.36. The van der Waals surface area contributed by atoms with Gasteiger partial charge in [0.25, 0.3) is 0 Å². The lowest BCUT2D eigenvalue weighted by atomic mass is 9.99. The molecule has 0 fully saturated rings. The maximum Gasteiger partial charge on any atom is 0.316 e. The monoisotopic (exact) mass is 300 g/mol. The normalized spacial score (nSPS) is 11.8. The largest absolute Gasteiger partial charge is 0.496 e. The van der Waals surface area contributed by atoms with E-state index in [2.05, 4.69) is 20.7 Å². The number of Topliss-reactive ketones (excluding diaryl/α,β-unsaturated/α-hetero) is 1. The first-order chi connectivity index (χ1) is 8.01. The molecule has 0 aliphatic heterocycles. The van der Waals surface area contributed by atoms with Crippen molar-refractivity contribution in [2.45, 2.75) is 6.92 Å². The fraction of sp³-hybridized carbons (Fsp3) is 0.333. The zero-order chi connectivity index (χ0) is 13.0. The van der Waals surface area contributed by atoms with Crippen molar-refractivity contribution in [2.24, 2.45) is 5.92 Å². The minimum atomic E-state index is -0.805. The number of ketones is 1. The number of halogens is 1. The zero-order valence-electron chi connectivity index (χ0n) is 9.82. The number of ether oxygens (including phenoxy) is 2. The Kier molecular flexibility index (Phi) is 4.69. The summed E-state index contributed by atoms with van der Waals surface area (Å²) < 4.78 is 10.3. The highest BCUT2D eigenvalue weighted by atomic mass is 79.9. The van der Waals surface area contributed by atoms with Gasteiger partial charge in [-0.3, -0.25) is 9.59 Å². The van der Waals surface area contributed by atoms with Crippen LogP contribution in [-0.4, -0.2) is 26.0 Å². The van der Waals surface area contributed by atoms with Crippen LogP contribution in [0.1, 0.15) is 17.3 Å². The van der Waals surface area contributed by atoms with Crippen LogP contribution in [-0.2, 0) is 9.53 Å². The topological polar surface area (TPSA) is 52.6 Å². The molecular formula is C12H13BrO4. The van der Waals surface area contributed by atoms with Gasteiger partial charge in [-0.25, -0.2) is 0 Å². The molecule has 5 heteroatoms. The molecule has 1 atom stereocenters. The molecule has 0 saturated carbocycles. The van der Waals surface area contributed by atoms with Crippen molar-refractivity contribution in [3.05, 3.63) is 28.2 Å². The summed E-state index contributed by atoms with van der Waals surface area (Å²) in [5, 5.41) is 0. The Morgan fingerprint density at radius 3 is 2.41 bits per heavy atom. The second-order valence-corrected chi connectivity index (χ2v) is 4.31. The number of rotatable bonds is 4. The summed E-state index contributed by atoms with van der Waals surface area (Å²) in [6.45, 7) is 1.52. The molecule has 0 aliphatic carbocycles. The third kappa shape index (κ3) is 3.06. The van der Waals surface area contributed by atoms with Gasteiger partial charge in [0.05, 0.1) is 18.7 Å². The average Bonchev–Trinajstić information content (AvgIpc) is 2.35. The number of benzene rings is 1. The van der Waals surface area contributed by atoms with Crippen molar-refractivity contribution in [3.63, 3.8) is 0 Å². The van der Waals surface area contributed by atoms with Gasteiger partial charge in [-0.1, -0.05) is 0 Å². The predicted molar refractivity (Wildman–Crippen MR) is 66.2 cm³/mol. The maximum atomic E-state index is 11.9. The van der Waals surface area contributed by atoms with E-state index in [1.165, 1.54) is 14.0 Å². The van der Waals surface area contributed by atoms with Gasteiger partial charge >= 0.3 is 5.97 Å². The van der Waals surface area contributed by atoms with Crippen molar-refractivity contribution in [2.75, 3.05) is 14.2 Å². The standard InChI is InChI=1S/C12H13BrO4/c1-7(12(15)17-3)11(14)8-4-5-10(16-2)9(13)6-8/h4-7H,1-3H3. The van der Waals surface area contributed by atoms with E-state index < -0.39 is 11.9 Å². The van der Waals surface area contributed by atoms with Crippen molar-refractivity contribution >= 4 is 27.7 Å². The third-order valence-electron chi connectivity index (χ3n) is 2.38. The fourth-order valence-corrected chi connectivity index (χ4v) is 1.89. The highest BCUT2D eigenvalue weighted by Gasteiger charge is 2.23. The van der Waals surface area contributed by atoms with Crippen LogP contribution in [0.15, 0.2) is 22.7 Å². The second-order valence-electron chi connectivity index (χ2n) is 3.46. The van der Waals surface area contributed by atoms with Crippen LogP contribution in [0.3, 0.4) is 0 Å². The molecule has 0 saturated heterocycles. The molecule has 0 radical (unpaired) electrons. The average molecular weight is 301 g/mol.